The minimum Gasteiger partial charge on any atom is -0.509 e. The van der Waals surface area contributed by atoms with Crippen molar-refractivity contribution in [3.05, 3.63) is 210 Å². The van der Waals surface area contributed by atoms with Gasteiger partial charge in [0.05, 0.1) is 0 Å². The van der Waals surface area contributed by atoms with E-state index in [1.807, 2.05) is 12.3 Å². The number of aromatic nitrogens is 2. The fourth-order valence-corrected chi connectivity index (χ4v) is 9.27. The van der Waals surface area contributed by atoms with Crippen LogP contribution in [0, 0.1) is 24.2 Å². The third kappa shape index (κ3) is 9.32. The van der Waals surface area contributed by atoms with Gasteiger partial charge in [0.2, 0.25) is 0 Å². The van der Waals surface area contributed by atoms with Crippen molar-refractivity contribution >= 4 is 33.2 Å². The van der Waals surface area contributed by atoms with Gasteiger partial charge < -0.3 is 19.1 Å². The van der Waals surface area contributed by atoms with Crippen LogP contribution in [0.1, 0.15) is 123 Å². The number of rotatable bonds is 9. The van der Waals surface area contributed by atoms with Gasteiger partial charge in [0.15, 0.2) is 0 Å². The topological polar surface area (TPSA) is 33.5 Å². The first-order valence-corrected chi connectivity index (χ1v) is 23.7. The average molecular weight is 1080 g/mol. The quantitative estimate of drug-likeness (QED) is 0.135. The zero-order valence-electron chi connectivity index (χ0n) is 42.0. The van der Waals surface area contributed by atoms with E-state index in [9.17, 15) is 0 Å². The number of fused-ring (bicyclic) bond motifs is 3. The van der Waals surface area contributed by atoms with Crippen LogP contribution in [0.3, 0.4) is 0 Å². The number of pyridine rings is 1. The summed E-state index contributed by atoms with van der Waals surface area (Å²) in [6.07, 6.45) is 4.19. The van der Waals surface area contributed by atoms with E-state index in [1.165, 1.54) is 33.5 Å². The Morgan fingerprint density at radius 2 is 1.09 bits per heavy atom. The van der Waals surface area contributed by atoms with Gasteiger partial charge in [-0.15, -0.1) is 53.6 Å². The molecule has 3 heterocycles. The number of allylic oxidation sites excluding steroid dienone is 1. The van der Waals surface area contributed by atoms with Crippen LogP contribution in [0.25, 0.3) is 27.6 Å². The molecule has 0 fully saturated rings. The van der Waals surface area contributed by atoms with E-state index in [0.29, 0.717) is 11.5 Å². The number of hydrogen-bond acceptors (Lipinski definition) is 4. The molecule has 8 aromatic rings. The van der Waals surface area contributed by atoms with Crippen LogP contribution in [0.5, 0.6) is 11.5 Å². The second-order valence-electron chi connectivity index (χ2n) is 22.5. The Morgan fingerprint density at radius 1 is 0.500 bits per heavy atom. The molecule has 68 heavy (non-hydrogen) atoms. The van der Waals surface area contributed by atoms with Crippen molar-refractivity contribution in [2.45, 2.75) is 112 Å². The summed E-state index contributed by atoms with van der Waals surface area (Å²) in [7, 11) is 0. The second kappa shape index (κ2) is 17.9. The molecule has 9 rings (SSSR count). The summed E-state index contributed by atoms with van der Waals surface area (Å²) in [4.78, 5) is 9.58. The Hall–Kier alpha value is -5.90. The smallest absolute Gasteiger partial charge is 0.135 e. The summed E-state index contributed by atoms with van der Waals surface area (Å²) in [5, 5.41) is 2.21. The van der Waals surface area contributed by atoms with E-state index in [2.05, 4.69) is 263 Å². The first kappa shape index (κ1) is 48.6. The van der Waals surface area contributed by atoms with E-state index in [1.54, 1.807) is 0 Å². The molecule has 0 saturated heterocycles. The second-order valence-corrected chi connectivity index (χ2v) is 22.5. The number of para-hydroxylation sites is 1. The molecule has 0 spiro atoms. The van der Waals surface area contributed by atoms with E-state index < -0.39 is 0 Å². The maximum Gasteiger partial charge on any atom is 0.135 e. The zero-order chi connectivity index (χ0) is 47.7. The minimum absolute atomic E-state index is 0. The molecule has 0 amide bonds. The van der Waals surface area contributed by atoms with Gasteiger partial charge in [0, 0.05) is 66.5 Å². The summed E-state index contributed by atoms with van der Waals surface area (Å²) in [6, 6.07) is 57.4. The molecule has 5 nitrogen and oxygen atoms in total. The van der Waals surface area contributed by atoms with E-state index >= 15 is 0 Å². The molecule has 0 aliphatic carbocycles. The molecule has 1 aliphatic heterocycles. The SMILES string of the molecule is CC(C)(C)C1=CN(c2[c-]c(Oc3[c-]c4c(cc3)c3ccccc3n4-c3cc(C(C)(C)c4ccccc4)ccn3)cc(C(C)(C)c3ccccc3)c2)[CH-]N1c1cc(C(C)(C)C)cc(C(C)(C)C)c1.[Pt]. The van der Waals surface area contributed by atoms with Gasteiger partial charge in [-0.25, -0.2) is 4.98 Å². The number of ether oxygens (including phenoxy) is 1. The summed E-state index contributed by atoms with van der Waals surface area (Å²) in [6.45, 7) is 32.0. The van der Waals surface area contributed by atoms with Crippen molar-refractivity contribution in [3.8, 4) is 17.3 Å². The average Bonchev–Trinajstić information content (AvgIpc) is 3.90. The Labute approximate surface area is 420 Å². The molecule has 0 bridgehead atoms. The summed E-state index contributed by atoms with van der Waals surface area (Å²) in [5.74, 6) is 2.04. The van der Waals surface area contributed by atoms with Crippen molar-refractivity contribution in [1.29, 1.82) is 0 Å². The Kier molecular flexibility index (Phi) is 12.8. The van der Waals surface area contributed by atoms with Gasteiger partial charge in [-0.1, -0.05) is 180 Å². The molecule has 6 aromatic carbocycles. The van der Waals surface area contributed by atoms with Gasteiger partial charge in [0.1, 0.15) is 5.82 Å². The van der Waals surface area contributed by atoms with Crippen LogP contribution >= 0.6 is 0 Å². The third-order valence-corrected chi connectivity index (χ3v) is 13.8. The molecule has 0 radical (unpaired) electrons. The Balaban J connectivity index is 0.00000625. The standard InChI is InChI=1S/C62H65N4O.Pt/c1-58(2,3)45-32-46(59(4,5)6)34-49(33-45)65-41-64(40-56(65)60(7,8)9)48-35-47(62(12,13)43-24-18-15-19-25-43)36-51(38-48)67-50-28-29-53-52-26-20-21-27-54(52)66(55(53)39-50)57-37-44(30-31-63-57)61(10,11)42-22-16-14-17-23-42;/h14-37,40-41H,1-13H3;/q-3;. The molecule has 2 aromatic heterocycles. The predicted molar refractivity (Wildman–Crippen MR) is 281 cm³/mol. The summed E-state index contributed by atoms with van der Waals surface area (Å²) >= 11 is 0. The molecule has 0 saturated carbocycles. The molecule has 0 unspecified atom stereocenters. The number of benzene rings is 6. The van der Waals surface area contributed by atoms with Crippen molar-refractivity contribution in [2.24, 2.45) is 5.41 Å². The van der Waals surface area contributed by atoms with Crippen LogP contribution in [-0.2, 0) is 42.7 Å². The van der Waals surface area contributed by atoms with Gasteiger partial charge in [-0.2, -0.15) is 6.07 Å². The summed E-state index contributed by atoms with van der Waals surface area (Å²) in [5.41, 5.74) is 11.8. The van der Waals surface area contributed by atoms with E-state index in [4.69, 9.17) is 9.72 Å². The predicted octanol–water partition coefficient (Wildman–Crippen LogP) is 16.1. The number of anilines is 2. The maximum absolute atomic E-state index is 6.97. The molecule has 352 valence electrons. The van der Waals surface area contributed by atoms with Gasteiger partial charge in [0.25, 0.3) is 0 Å². The maximum atomic E-state index is 6.97. The fraction of sp³-hybridized carbons (Fsp3) is 0.290. The number of hydrogen-bond donors (Lipinski definition) is 0. The van der Waals surface area contributed by atoms with E-state index in [-0.39, 0.29) is 48.1 Å². The van der Waals surface area contributed by atoms with Crippen LogP contribution in [-0.4, -0.2) is 9.55 Å². The molecule has 0 N–H and O–H groups in total. The van der Waals surface area contributed by atoms with Crippen LogP contribution < -0.4 is 14.5 Å². The monoisotopic (exact) mass is 1080 g/mol. The number of nitrogens with zero attached hydrogens (tertiary/aromatic N) is 4. The van der Waals surface area contributed by atoms with Crippen LogP contribution in [0.15, 0.2) is 158 Å². The normalized spacial score (nSPS) is 13.8. The Bertz CT molecular complexity index is 3110. The third-order valence-electron chi connectivity index (χ3n) is 13.8. The van der Waals surface area contributed by atoms with Crippen molar-refractivity contribution in [2.75, 3.05) is 9.80 Å². The Morgan fingerprint density at radius 3 is 1.69 bits per heavy atom. The van der Waals surface area contributed by atoms with Gasteiger partial charge in [-0.3, -0.25) is 0 Å². The fourth-order valence-electron chi connectivity index (χ4n) is 9.27. The van der Waals surface area contributed by atoms with Crippen molar-refractivity contribution < 1.29 is 25.8 Å². The molecule has 6 heteroatoms. The largest absolute Gasteiger partial charge is 0.509 e. The molecular formula is C62H65N4OPt-3. The molecule has 0 atom stereocenters. The van der Waals surface area contributed by atoms with Gasteiger partial charge >= 0.3 is 0 Å². The summed E-state index contributed by atoms with van der Waals surface area (Å²) < 4.78 is 9.19. The van der Waals surface area contributed by atoms with Crippen molar-refractivity contribution in [3.63, 3.8) is 0 Å². The van der Waals surface area contributed by atoms with E-state index in [0.717, 1.165) is 44.6 Å². The van der Waals surface area contributed by atoms with Gasteiger partial charge in [-0.05, 0) is 86.0 Å². The minimum atomic E-state index is -0.355. The molecule has 1 aliphatic rings. The van der Waals surface area contributed by atoms with Crippen LogP contribution in [0.2, 0.25) is 0 Å². The molecular weight excluding hydrogens is 1010 g/mol. The zero-order valence-corrected chi connectivity index (χ0v) is 44.3. The first-order chi connectivity index (χ1) is 31.6. The van der Waals surface area contributed by atoms with Crippen LogP contribution in [0.4, 0.5) is 11.4 Å². The van der Waals surface area contributed by atoms with Crippen molar-refractivity contribution in [1.82, 2.24) is 9.55 Å². The first-order valence-electron chi connectivity index (χ1n) is 23.7.